The van der Waals surface area contributed by atoms with Gasteiger partial charge in [0, 0.05) is 6.54 Å². The van der Waals surface area contributed by atoms with Crippen LogP contribution in [0.4, 0.5) is 0 Å². The monoisotopic (exact) mass is 323 g/mol. The first kappa shape index (κ1) is 16.2. The van der Waals surface area contributed by atoms with Crippen molar-refractivity contribution in [2.75, 3.05) is 6.54 Å². The summed E-state index contributed by atoms with van der Waals surface area (Å²) in [4.78, 5) is 26.0. The van der Waals surface area contributed by atoms with E-state index >= 15 is 0 Å². The minimum Gasteiger partial charge on any atom is -0.479 e. The smallest absolute Gasteiger partial charge is 0.331 e. The SMILES string of the molecule is CCc1ccc(CC(=O)N2CCc3ccccc3C2C(=O)O)cc1. The van der Waals surface area contributed by atoms with E-state index in [0.717, 1.165) is 23.1 Å². The lowest BCUT2D eigenvalue weighted by atomic mass is 9.92. The van der Waals surface area contributed by atoms with Gasteiger partial charge in [0.2, 0.25) is 5.91 Å². The number of carboxylic acid groups (broad SMARTS) is 1. The molecule has 0 bridgehead atoms. The molecule has 0 spiro atoms. The standard InChI is InChI=1S/C20H21NO3/c1-2-14-7-9-15(10-8-14)13-18(22)21-12-11-16-5-3-4-6-17(16)19(21)20(23)24/h3-10,19H,2,11-13H2,1H3,(H,23,24). The Morgan fingerprint density at radius 2 is 1.75 bits per heavy atom. The van der Waals surface area contributed by atoms with Crippen LogP contribution < -0.4 is 0 Å². The Balaban J connectivity index is 1.82. The van der Waals surface area contributed by atoms with Crippen molar-refractivity contribution < 1.29 is 14.7 Å². The summed E-state index contributed by atoms with van der Waals surface area (Å²) in [5, 5.41) is 9.64. The van der Waals surface area contributed by atoms with Gasteiger partial charge in [-0.2, -0.15) is 0 Å². The predicted molar refractivity (Wildman–Crippen MR) is 91.8 cm³/mol. The van der Waals surface area contributed by atoms with Crippen LogP contribution in [0.2, 0.25) is 0 Å². The van der Waals surface area contributed by atoms with Crippen molar-refractivity contribution in [3.05, 3.63) is 70.8 Å². The molecule has 1 amide bonds. The second-order valence-electron chi connectivity index (χ2n) is 6.12. The Morgan fingerprint density at radius 3 is 2.42 bits per heavy atom. The maximum atomic E-state index is 12.7. The number of aliphatic carboxylic acids is 1. The molecule has 2 aromatic rings. The van der Waals surface area contributed by atoms with Gasteiger partial charge < -0.3 is 10.0 Å². The molecule has 0 radical (unpaired) electrons. The van der Waals surface area contributed by atoms with E-state index in [1.54, 1.807) is 0 Å². The minimum absolute atomic E-state index is 0.138. The molecule has 0 aromatic heterocycles. The summed E-state index contributed by atoms with van der Waals surface area (Å²) in [5.41, 5.74) is 3.88. The summed E-state index contributed by atoms with van der Waals surface area (Å²) in [6, 6.07) is 14.5. The van der Waals surface area contributed by atoms with E-state index in [1.807, 2.05) is 48.5 Å². The maximum Gasteiger partial charge on any atom is 0.331 e. The minimum atomic E-state index is -0.975. The first-order valence-corrected chi connectivity index (χ1v) is 8.28. The molecule has 1 heterocycles. The van der Waals surface area contributed by atoms with Gasteiger partial charge in [-0.05, 0) is 35.1 Å². The molecule has 0 saturated carbocycles. The molecule has 2 aromatic carbocycles. The van der Waals surface area contributed by atoms with Gasteiger partial charge in [-0.25, -0.2) is 4.79 Å². The van der Waals surface area contributed by atoms with Gasteiger partial charge in [-0.15, -0.1) is 0 Å². The average molecular weight is 323 g/mol. The molecular weight excluding hydrogens is 302 g/mol. The fourth-order valence-electron chi connectivity index (χ4n) is 3.27. The Labute approximate surface area is 141 Å². The Morgan fingerprint density at radius 1 is 1.08 bits per heavy atom. The Hall–Kier alpha value is -2.62. The van der Waals surface area contributed by atoms with E-state index < -0.39 is 12.0 Å². The first-order valence-electron chi connectivity index (χ1n) is 8.28. The highest BCUT2D eigenvalue weighted by molar-refractivity contribution is 5.86. The molecule has 0 saturated heterocycles. The Bertz CT molecular complexity index is 752. The number of fused-ring (bicyclic) bond motifs is 1. The van der Waals surface area contributed by atoms with Crippen molar-refractivity contribution in [1.82, 2.24) is 4.90 Å². The lowest BCUT2D eigenvalue weighted by Gasteiger charge is -2.34. The summed E-state index contributed by atoms with van der Waals surface area (Å²) >= 11 is 0. The number of nitrogens with zero attached hydrogens (tertiary/aromatic N) is 1. The maximum absolute atomic E-state index is 12.7. The molecule has 1 unspecified atom stereocenters. The molecule has 1 aliphatic heterocycles. The molecule has 3 rings (SSSR count). The van der Waals surface area contributed by atoms with Crippen LogP contribution in [0.5, 0.6) is 0 Å². The van der Waals surface area contributed by atoms with Crippen LogP contribution in [0.1, 0.15) is 35.2 Å². The summed E-state index contributed by atoms with van der Waals surface area (Å²) in [6.07, 6.45) is 1.88. The summed E-state index contributed by atoms with van der Waals surface area (Å²) < 4.78 is 0. The van der Waals surface area contributed by atoms with Crippen LogP contribution in [0.3, 0.4) is 0 Å². The zero-order valence-electron chi connectivity index (χ0n) is 13.7. The third-order valence-electron chi connectivity index (χ3n) is 4.62. The molecular formula is C20H21NO3. The molecule has 24 heavy (non-hydrogen) atoms. The number of carboxylic acids is 1. The highest BCUT2D eigenvalue weighted by Crippen LogP contribution is 2.30. The van der Waals surface area contributed by atoms with Gasteiger partial charge in [0.15, 0.2) is 6.04 Å². The van der Waals surface area contributed by atoms with Crippen LogP contribution in [0.15, 0.2) is 48.5 Å². The fraction of sp³-hybridized carbons (Fsp3) is 0.300. The summed E-state index contributed by atoms with van der Waals surface area (Å²) in [6.45, 7) is 2.53. The molecule has 4 heteroatoms. The van der Waals surface area contributed by atoms with E-state index in [1.165, 1.54) is 10.5 Å². The second-order valence-corrected chi connectivity index (χ2v) is 6.12. The van der Waals surface area contributed by atoms with E-state index in [2.05, 4.69) is 6.92 Å². The summed E-state index contributed by atoms with van der Waals surface area (Å²) in [5.74, 6) is -1.11. The van der Waals surface area contributed by atoms with Crippen molar-refractivity contribution in [1.29, 1.82) is 0 Å². The average Bonchev–Trinajstić information content (AvgIpc) is 2.61. The highest BCUT2D eigenvalue weighted by Gasteiger charge is 2.35. The van der Waals surface area contributed by atoms with Crippen LogP contribution in [-0.4, -0.2) is 28.4 Å². The fourth-order valence-corrected chi connectivity index (χ4v) is 3.27. The number of carbonyl (C=O) groups excluding carboxylic acids is 1. The van der Waals surface area contributed by atoms with Crippen molar-refractivity contribution >= 4 is 11.9 Å². The number of rotatable bonds is 4. The van der Waals surface area contributed by atoms with E-state index in [-0.39, 0.29) is 12.3 Å². The van der Waals surface area contributed by atoms with E-state index in [4.69, 9.17) is 0 Å². The van der Waals surface area contributed by atoms with Crippen LogP contribution >= 0.6 is 0 Å². The number of benzene rings is 2. The number of hydrogen-bond donors (Lipinski definition) is 1. The largest absolute Gasteiger partial charge is 0.479 e. The quantitative estimate of drug-likeness (QED) is 0.941. The molecule has 1 atom stereocenters. The topological polar surface area (TPSA) is 57.6 Å². The number of carbonyl (C=O) groups is 2. The molecule has 0 fully saturated rings. The van der Waals surface area contributed by atoms with Gasteiger partial charge in [0.25, 0.3) is 0 Å². The van der Waals surface area contributed by atoms with Gasteiger partial charge >= 0.3 is 5.97 Å². The lowest BCUT2D eigenvalue weighted by molar-refractivity contribution is -0.151. The van der Waals surface area contributed by atoms with Crippen LogP contribution in [0, 0.1) is 0 Å². The molecule has 0 aliphatic carbocycles. The van der Waals surface area contributed by atoms with Gasteiger partial charge in [-0.1, -0.05) is 55.5 Å². The van der Waals surface area contributed by atoms with Crippen LogP contribution in [-0.2, 0) is 28.9 Å². The van der Waals surface area contributed by atoms with E-state index in [9.17, 15) is 14.7 Å². The van der Waals surface area contributed by atoms with Crippen LogP contribution in [0.25, 0.3) is 0 Å². The van der Waals surface area contributed by atoms with Crippen molar-refractivity contribution in [2.24, 2.45) is 0 Å². The Kier molecular flexibility index (Phi) is 4.65. The number of amides is 1. The third kappa shape index (κ3) is 3.18. The third-order valence-corrected chi connectivity index (χ3v) is 4.62. The summed E-state index contributed by atoms with van der Waals surface area (Å²) in [7, 11) is 0. The van der Waals surface area contributed by atoms with E-state index in [0.29, 0.717) is 13.0 Å². The first-order chi connectivity index (χ1) is 11.6. The lowest BCUT2D eigenvalue weighted by Crippen LogP contribution is -2.44. The van der Waals surface area contributed by atoms with Gasteiger partial charge in [0.1, 0.15) is 0 Å². The molecule has 124 valence electrons. The highest BCUT2D eigenvalue weighted by atomic mass is 16.4. The normalized spacial score (nSPS) is 16.5. The molecule has 1 N–H and O–H groups in total. The second kappa shape index (κ2) is 6.87. The van der Waals surface area contributed by atoms with Crippen molar-refractivity contribution in [3.8, 4) is 0 Å². The van der Waals surface area contributed by atoms with Gasteiger partial charge in [0.05, 0.1) is 6.42 Å². The number of hydrogen-bond acceptors (Lipinski definition) is 2. The number of aryl methyl sites for hydroxylation is 1. The van der Waals surface area contributed by atoms with Crippen molar-refractivity contribution in [3.63, 3.8) is 0 Å². The van der Waals surface area contributed by atoms with Gasteiger partial charge in [-0.3, -0.25) is 4.79 Å². The predicted octanol–water partition coefficient (Wildman–Crippen LogP) is 3.00. The molecule has 4 nitrogen and oxygen atoms in total. The molecule has 1 aliphatic rings. The zero-order valence-corrected chi connectivity index (χ0v) is 13.7. The van der Waals surface area contributed by atoms with Crippen molar-refractivity contribution in [2.45, 2.75) is 32.2 Å². The zero-order chi connectivity index (χ0) is 17.1.